The molecular weight excluding hydrogens is 158 g/mol. The van der Waals surface area contributed by atoms with E-state index in [4.69, 9.17) is 0 Å². The first-order valence-corrected chi connectivity index (χ1v) is 5.14. The Kier molecular flexibility index (Phi) is 4.52. The van der Waals surface area contributed by atoms with E-state index in [1.807, 2.05) is 7.05 Å². The molecule has 0 aromatic heterocycles. The standard InChI is InChI=1S/C12H25N/c1-9(2)11(12(4,5)6)8-10(3)13-7/h9,11,13H,3,8H2,1-2,4-7H3. The Morgan fingerprint density at radius 1 is 1.31 bits per heavy atom. The summed E-state index contributed by atoms with van der Waals surface area (Å²) in [6.07, 6.45) is 1.08. The lowest BCUT2D eigenvalue weighted by Gasteiger charge is -2.34. The summed E-state index contributed by atoms with van der Waals surface area (Å²) in [5.74, 6) is 1.41. The van der Waals surface area contributed by atoms with Gasteiger partial charge in [-0.3, -0.25) is 0 Å². The normalized spacial score (nSPS) is 14.4. The van der Waals surface area contributed by atoms with Gasteiger partial charge in [0.25, 0.3) is 0 Å². The third-order valence-electron chi connectivity index (χ3n) is 2.74. The SMILES string of the molecule is C=C(CC(C(C)C)C(C)(C)C)NC. The van der Waals surface area contributed by atoms with Crippen molar-refractivity contribution in [3.63, 3.8) is 0 Å². The van der Waals surface area contributed by atoms with E-state index < -0.39 is 0 Å². The Bertz CT molecular complexity index is 162. The van der Waals surface area contributed by atoms with E-state index in [-0.39, 0.29) is 0 Å². The smallest absolute Gasteiger partial charge is 0.00341 e. The first-order valence-electron chi connectivity index (χ1n) is 5.14. The fraction of sp³-hybridized carbons (Fsp3) is 0.833. The van der Waals surface area contributed by atoms with E-state index in [0.717, 1.165) is 12.1 Å². The molecule has 0 aliphatic rings. The predicted molar refractivity (Wildman–Crippen MR) is 60.6 cm³/mol. The van der Waals surface area contributed by atoms with Crippen molar-refractivity contribution >= 4 is 0 Å². The number of hydrogen-bond donors (Lipinski definition) is 1. The molecule has 0 radical (unpaired) electrons. The molecule has 1 unspecified atom stereocenters. The molecular formula is C12H25N. The van der Waals surface area contributed by atoms with Crippen molar-refractivity contribution < 1.29 is 0 Å². The van der Waals surface area contributed by atoms with Crippen LogP contribution >= 0.6 is 0 Å². The molecule has 0 aliphatic carbocycles. The zero-order valence-corrected chi connectivity index (χ0v) is 10.1. The second-order valence-electron chi connectivity index (χ2n) is 5.27. The van der Waals surface area contributed by atoms with Gasteiger partial charge in [0.15, 0.2) is 0 Å². The summed E-state index contributed by atoms with van der Waals surface area (Å²) in [6.45, 7) is 15.5. The van der Waals surface area contributed by atoms with E-state index in [1.165, 1.54) is 0 Å². The molecule has 0 spiro atoms. The highest BCUT2D eigenvalue weighted by Gasteiger charge is 2.27. The number of hydrogen-bond acceptors (Lipinski definition) is 1. The Balaban J connectivity index is 4.36. The van der Waals surface area contributed by atoms with Gasteiger partial charge in [-0.05, 0) is 23.7 Å². The molecule has 0 saturated heterocycles. The van der Waals surface area contributed by atoms with Gasteiger partial charge in [-0.1, -0.05) is 41.2 Å². The molecule has 78 valence electrons. The van der Waals surface area contributed by atoms with Crippen LogP contribution in [0.25, 0.3) is 0 Å². The highest BCUT2D eigenvalue weighted by molar-refractivity contribution is 4.95. The van der Waals surface area contributed by atoms with E-state index in [0.29, 0.717) is 17.3 Å². The van der Waals surface area contributed by atoms with Gasteiger partial charge in [-0.15, -0.1) is 0 Å². The van der Waals surface area contributed by atoms with Crippen molar-refractivity contribution in [3.05, 3.63) is 12.3 Å². The third-order valence-corrected chi connectivity index (χ3v) is 2.74. The topological polar surface area (TPSA) is 12.0 Å². The van der Waals surface area contributed by atoms with Gasteiger partial charge in [0.05, 0.1) is 0 Å². The van der Waals surface area contributed by atoms with Crippen molar-refractivity contribution in [2.24, 2.45) is 17.3 Å². The van der Waals surface area contributed by atoms with Crippen LogP contribution in [0.5, 0.6) is 0 Å². The lowest BCUT2D eigenvalue weighted by atomic mass is 9.72. The summed E-state index contributed by atoms with van der Waals surface area (Å²) in [5.41, 5.74) is 1.52. The van der Waals surface area contributed by atoms with Gasteiger partial charge < -0.3 is 5.32 Å². The van der Waals surface area contributed by atoms with Crippen molar-refractivity contribution in [2.45, 2.75) is 41.0 Å². The Morgan fingerprint density at radius 2 is 1.77 bits per heavy atom. The molecule has 0 aliphatic heterocycles. The van der Waals surface area contributed by atoms with Gasteiger partial charge in [-0.25, -0.2) is 0 Å². The van der Waals surface area contributed by atoms with Crippen molar-refractivity contribution in [1.29, 1.82) is 0 Å². The molecule has 0 bridgehead atoms. The van der Waals surface area contributed by atoms with E-state index in [2.05, 4.69) is 46.5 Å². The van der Waals surface area contributed by atoms with Crippen molar-refractivity contribution in [2.75, 3.05) is 7.05 Å². The summed E-state index contributed by atoms with van der Waals surface area (Å²) in [6, 6.07) is 0. The lowest BCUT2D eigenvalue weighted by molar-refractivity contribution is 0.175. The average Bonchev–Trinajstić information content (AvgIpc) is 1.96. The molecule has 0 fully saturated rings. The molecule has 0 saturated carbocycles. The quantitative estimate of drug-likeness (QED) is 0.704. The fourth-order valence-corrected chi connectivity index (χ4v) is 1.91. The number of rotatable bonds is 4. The molecule has 0 amide bonds. The minimum absolute atomic E-state index is 0.369. The predicted octanol–water partition coefficient (Wildman–Crippen LogP) is 3.43. The Labute approximate surface area is 83.6 Å². The van der Waals surface area contributed by atoms with Crippen LogP contribution in [0.2, 0.25) is 0 Å². The van der Waals surface area contributed by atoms with Crippen molar-refractivity contribution in [3.8, 4) is 0 Å². The molecule has 1 atom stereocenters. The highest BCUT2D eigenvalue weighted by atomic mass is 14.8. The molecule has 13 heavy (non-hydrogen) atoms. The van der Waals surface area contributed by atoms with Crippen LogP contribution in [0.15, 0.2) is 12.3 Å². The van der Waals surface area contributed by atoms with Gasteiger partial charge >= 0.3 is 0 Å². The van der Waals surface area contributed by atoms with E-state index in [1.54, 1.807) is 0 Å². The van der Waals surface area contributed by atoms with Crippen LogP contribution in [0.3, 0.4) is 0 Å². The zero-order chi connectivity index (χ0) is 10.6. The second-order valence-corrected chi connectivity index (χ2v) is 5.27. The minimum Gasteiger partial charge on any atom is -0.392 e. The largest absolute Gasteiger partial charge is 0.392 e. The molecule has 1 heteroatoms. The summed E-state index contributed by atoms with van der Waals surface area (Å²) in [5, 5.41) is 3.13. The maximum absolute atomic E-state index is 4.00. The van der Waals surface area contributed by atoms with Crippen LogP contribution in [-0.2, 0) is 0 Å². The lowest BCUT2D eigenvalue weighted by Crippen LogP contribution is -2.27. The molecule has 1 N–H and O–H groups in total. The monoisotopic (exact) mass is 183 g/mol. The van der Waals surface area contributed by atoms with E-state index >= 15 is 0 Å². The first-order chi connectivity index (χ1) is 5.79. The van der Waals surface area contributed by atoms with Gasteiger partial charge in [0, 0.05) is 12.7 Å². The van der Waals surface area contributed by atoms with Crippen molar-refractivity contribution in [1.82, 2.24) is 5.32 Å². The Hall–Kier alpha value is -0.460. The molecule has 0 rings (SSSR count). The second kappa shape index (κ2) is 4.69. The summed E-state index contributed by atoms with van der Waals surface area (Å²) >= 11 is 0. The zero-order valence-electron chi connectivity index (χ0n) is 10.1. The molecule has 0 heterocycles. The number of allylic oxidation sites excluding steroid dienone is 1. The molecule has 0 aromatic rings. The maximum Gasteiger partial charge on any atom is 0.00341 e. The summed E-state index contributed by atoms with van der Waals surface area (Å²) in [4.78, 5) is 0. The van der Waals surface area contributed by atoms with Crippen LogP contribution in [0.1, 0.15) is 41.0 Å². The average molecular weight is 183 g/mol. The molecule has 0 aromatic carbocycles. The van der Waals surface area contributed by atoms with Crippen LogP contribution in [-0.4, -0.2) is 7.05 Å². The van der Waals surface area contributed by atoms with Crippen LogP contribution in [0.4, 0.5) is 0 Å². The van der Waals surface area contributed by atoms with Gasteiger partial charge in [0.1, 0.15) is 0 Å². The maximum atomic E-state index is 4.00. The first kappa shape index (κ1) is 12.5. The van der Waals surface area contributed by atoms with Gasteiger partial charge in [-0.2, -0.15) is 0 Å². The van der Waals surface area contributed by atoms with Crippen LogP contribution < -0.4 is 5.32 Å². The number of nitrogens with one attached hydrogen (secondary N) is 1. The summed E-state index contributed by atoms with van der Waals surface area (Å²) in [7, 11) is 1.95. The highest BCUT2D eigenvalue weighted by Crippen LogP contribution is 2.35. The molecule has 1 nitrogen and oxygen atoms in total. The third kappa shape index (κ3) is 4.35. The Morgan fingerprint density at radius 3 is 2.00 bits per heavy atom. The van der Waals surface area contributed by atoms with E-state index in [9.17, 15) is 0 Å². The van der Waals surface area contributed by atoms with Crippen LogP contribution in [0, 0.1) is 17.3 Å². The minimum atomic E-state index is 0.369. The van der Waals surface area contributed by atoms with Gasteiger partial charge in [0.2, 0.25) is 0 Å². The fourth-order valence-electron chi connectivity index (χ4n) is 1.91. The summed E-state index contributed by atoms with van der Waals surface area (Å²) < 4.78 is 0.